The lowest BCUT2D eigenvalue weighted by molar-refractivity contribution is 0.103. The fourth-order valence-corrected chi connectivity index (χ4v) is 3.10. The molecule has 0 aromatic heterocycles. The number of hydrogen-bond acceptors (Lipinski definition) is 3. The first-order valence-corrected chi connectivity index (χ1v) is 6.72. The van der Waals surface area contributed by atoms with Crippen molar-refractivity contribution in [2.24, 2.45) is 11.8 Å². The SMILES string of the molecule is CC1CC(C)CN(C(C)c2cc(O)cc(O)c2)C1. The monoisotopic (exact) mass is 249 g/mol. The molecule has 2 rings (SSSR count). The number of hydrogen-bond donors (Lipinski definition) is 2. The third-order valence-electron chi connectivity index (χ3n) is 3.85. The molecule has 1 heterocycles. The van der Waals surface area contributed by atoms with Gasteiger partial charge in [0.15, 0.2) is 0 Å². The molecule has 3 nitrogen and oxygen atoms in total. The van der Waals surface area contributed by atoms with Crippen molar-refractivity contribution in [3.8, 4) is 11.5 Å². The Morgan fingerprint density at radius 3 is 2.06 bits per heavy atom. The number of rotatable bonds is 2. The summed E-state index contributed by atoms with van der Waals surface area (Å²) >= 11 is 0. The van der Waals surface area contributed by atoms with Crippen LogP contribution in [0.5, 0.6) is 11.5 Å². The second-order valence-corrected chi connectivity index (χ2v) is 5.86. The van der Waals surface area contributed by atoms with Crippen LogP contribution in [0.4, 0.5) is 0 Å². The van der Waals surface area contributed by atoms with E-state index in [1.54, 1.807) is 12.1 Å². The Morgan fingerprint density at radius 2 is 1.56 bits per heavy atom. The molecule has 100 valence electrons. The van der Waals surface area contributed by atoms with Crippen molar-refractivity contribution in [3.05, 3.63) is 23.8 Å². The summed E-state index contributed by atoms with van der Waals surface area (Å²) in [5, 5.41) is 19.1. The van der Waals surface area contributed by atoms with E-state index in [0.29, 0.717) is 11.8 Å². The van der Waals surface area contributed by atoms with Crippen LogP contribution in [-0.2, 0) is 0 Å². The van der Waals surface area contributed by atoms with Crippen molar-refractivity contribution < 1.29 is 10.2 Å². The standard InChI is InChI=1S/C15H23NO2/c1-10-4-11(2)9-16(8-10)12(3)13-5-14(17)7-15(18)6-13/h5-7,10-12,17-18H,4,8-9H2,1-3H3. The van der Waals surface area contributed by atoms with E-state index in [-0.39, 0.29) is 17.5 Å². The fraction of sp³-hybridized carbons (Fsp3) is 0.600. The molecule has 18 heavy (non-hydrogen) atoms. The molecule has 3 heteroatoms. The van der Waals surface area contributed by atoms with E-state index >= 15 is 0 Å². The molecule has 0 bridgehead atoms. The molecule has 0 amide bonds. The van der Waals surface area contributed by atoms with Gasteiger partial charge >= 0.3 is 0 Å². The Bertz CT molecular complexity index is 389. The van der Waals surface area contributed by atoms with Gasteiger partial charge < -0.3 is 10.2 Å². The van der Waals surface area contributed by atoms with Crippen LogP contribution < -0.4 is 0 Å². The minimum Gasteiger partial charge on any atom is -0.508 e. The van der Waals surface area contributed by atoms with Crippen molar-refractivity contribution >= 4 is 0 Å². The first-order chi connectivity index (χ1) is 8.45. The molecule has 0 radical (unpaired) electrons. The van der Waals surface area contributed by atoms with Crippen LogP contribution in [0.1, 0.15) is 38.8 Å². The lowest BCUT2D eigenvalue weighted by Gasteiger charge is -2.39. The van der Waals surface area contributed by atoms with Gasteiger partial charge in [-0.05, 0) is 42.9 Å². The third-order valence-corrected chi connectivity index (χ3v) is 3.85. The largest absolute Gasteiger partial charge is 0.508 e. The lowest BCUT2D eigenvalue weighted by Crippen LogP contribution is -2.40. The van der Waals surface area contributed by atoms with E-state index in [1.165, 1.54) is 12.5 Å². The molecule has 0 spiro atoms. The quantitative estimate of drug-likeness (QED) is 0.846. The fourth-order valence-electron chi connectivity index (χ4n) is 3.10. The minimum atomic E-state index is 0.134. The van der Waals surface area contributed by atoms with Crippen molar-refractivity contribution in [2.75, 3.05) is 13.1 Å². The van der Waals surface area contributed by atoms with E-state index in [2.05, 4.69) is 25.7 Å². The summed E-state index contributed by atoms with van der Waals surface area (Å²) < 4.78 is 0. The predicted molar refractivity (Wildman–Crippen MR) is 72.7 cm³/mol. The molecule has 1 aromatic carbocycles. The Hall–Kier alpha value is -1.22. The van der Waals surface area contributed by atoms with E-state index < -0.39 is 0 Å². The van der Waals surface area contributed by atoms with Crippen molar-refractivity contribution in [1.29, 1.82) is 0 Å². The molecule has 1 fully saturated rings. The number of aromatic hydroxyl groups is 2. The smallest absolute Gasteiger partial charge is 0.119 e. The van der Waals surface area contributed by atoms with Crippen LogP contribution in [0.2, 0.25) is 0 Å². The highest BCUT2D eigenvalue weighted by molar-refractivity contribution is 5.38. The number of likely N-dealkylation sites (tertiary alicyclic amines) is 1. The van der Waals surface area contributed by atoms with E-state index in [0.717, 1.165) is 18.7 Å². The Labute approximate surface area is 109 Å². The molecule has 1 saturated heterocycles. The van der Waals surface area contributed by atoms with E-state index in [9.17, 15) is 10.2 Å². The first-order valence-electron chi connectivity index (χ1n) is 6.72. The van der Waals surface area contributed by atoms with Crippen LogP contribution in [0, 0.1) is 11.8 Å². The average Bonchev–Trinajstić information content (AvgIpc) is 2.25. The summed E-state index contributed by atoms with van der Waals surface area (Å²) in [4.78, 5) is 2.44. The predicted octanol–water partition coefficient (Wildman–Crippen LogP) is 3.14. The van der Waals surface area contributed by atoms with Crippen molar-refractivity contribution in [3.63, 3.8) is 0 Å². The Balaban J connectivity index is 2.17. The molecular formula is C15H23NO2. The zero-order valence-corrected chi connectivity index (χ0v) is 11.4. The van der Waals surface area contributed by atoms with Crippen LogP contribution in [-0.4, -0.2) is 28.2 Å². The summed E-state index contributed by atoms with van der Waals surface area (Å²) in [6.07, 6.45) is 1.29. The van der Waals surface area contributed by atoms with Gasteiger partial charge in [-0.1, -0.05) is 13.8 Å². The summed E-state index contributed by atoms with van der Waals surface area (Å²) in [7, 11) is 0. The molecule has 1 aromatic rings. The Morgan fingerprint density at radius 1 is 1.06 bits per heavy atom. The molecule has 1 aliphatic heterocycles. The summed E-state index contributed by atoms with van der Waals surface area (Å²) in [5.41, 5.74) is 0.980. The van der Waals surface area contributed by atoms with Crippen LogP contribution in [0.25, 0.3) is 0 Å². The van der Waals surface area contributed by atoms with Crippen molar-refractivity contribution in [1.82, 2.24) is 4.90 Å². The van der Waals surface area contributed by atoms with Gasteiger partial charge in [-0.25, -0.2) is 0 Å². The molecule has 2 N–H and O–H groups in total. The molecule has 0 aliphatic carbocycles. The van der Waals surface area contributed by atoms with E-state index in [1.807, 2.05) is 0 Å². The molecule has 0 saturated carbocycles. The lowest BCUT2D eigenvalue weighted by atomic mass is 9.90. The van der Waals surface area contributed by atoms with E-state index in [4.69, 9.17) is 0 Å². The maximum absolute atomic E-state index is 9.57. The first kappa shape index (κ1) is 13.2. The second kappa shape index (κ2) is 5.19. The minimum absolute atomic E-state index is 0.134. The highest BCUT2D eigenvalue weighted by Crippen LogP contribution is 2.32. The van der Waals surface area contributed by atoms with Gasteiger partial charge in [-0.3, -0.25) is 4.90 Å². The summed E-state index contributed by atoms with van der Waals surface area (Å²) in [6.45, 7) is 8.88. The van der Waals surface area contributed by atoms with Crippen LogP contribution >= 0.6 is 0 Å². The molecular weight excluding hydrogens is 226 g/mol. The number of piperidine rings is 1. The highest BCUT2D eigenvalue weighted by atomic mass is 16.3. The van der Waals surface area contributed by atoms with Gasteiger partial charge in [0, 0.05) is 25.2 Å². The number of benzene rings is 1. The van der Waals surface area contributed by atoms with Gasteiger partial charge in [-0.2, -0.15) is 0 Å². The zero-order chi connectivity index (χ0) is 13.3. The summed E-state index contributed by atoms with van der Waals surface area (Å²) in [6, 6.07) is 5.09. The number of phenols is 2. The third kappa shape index (κ3) is 2.96. The van der Waals surface area contributed by atoms with Crippen molar-refractivity contribution in [2.45, 2.75) is 33.2 Å². The summed E-state index contributed by atoms with van der Waals surface area (Å²) in [5.74, 6) is 1.69. The van der Waals surface area contributed by atoms with Crippen LogP contribution in [0.15, 0.2) is 18.2 Å². The Kier molecular flexibility index (Phi) is 3.81. The maximum Gasteiger partial charge on any atom is 0.119 e. The number of nitrogens with zero attached hydrogens (tertiary/aromatic N) is 1. The highest BCUT2D eigenvalue weighted by Gasteiger charge is 2.26. The van der Waals surface area contributed by atoms with Gasteiger partial charge in [0.2, 0.25) is 0 Å². The van der Waals surface area contributed by atoms with Gasteiger partial charge in [-0.15, -0.1) is 0 Å². The van der Waals surface area contributed by atoms with Crippen LogP contribution in [0.3, 0.4) is 0 Å². The normalized spacial score (nSPS) is 27.1. The topological polar surface area (TPSA) is 43.7 Å². The average molecular weight is 249 g/mol. The van der Waals surface area contributed by atoms with Gasteiger partial charge in [0.25, 0.3) is 0 Å². The number of phenolic OH excluding ortho intramolecular Hbond substituents is 2. The molecule has 3 atom stereocenters. The molecule has 3 unspecified atom stereocenters. The van der Waals surface area contributed by atoms with Gasteiger partial charge in [0.1, 0.15) is 11.5 Å². The molecule has 1 aliphatic rings. The zero-order valence-electron chi connectivity index (χ0n) is 11.4. The maximum atomic E-state index is 9.57. The van der Waals surface area contributed by atoms with Gasteiger partial charge in [0.05, 0.1) is 0 Å². The second-order valence-electron chi connectivity index (χ2n) is 5.86.